The molecule has 0 aromatic carbocycles. The second-order valence-corrected chi connectivity index (χ2v) is 3.65. The summed E-state index contributed by atoms with van der Waals surface area (Å²) in [6, 6.07) is -0.0608. The molecule has 0 heterocycles. The van der Waals surface area contributed by atoms with Gasteiger partial charge in [-0.3, -0.25) is 0 Å². The van der Waals surface area contributed by atoms with Gasteiger partial charge in [-0.2, -0.15) is 0 Å². The summed E-state index contributed by atoms with van der Waals surface area (Å²) in [6.45, 7) is 10.7. The number of hydrogen-bond donors (Lipinski definition) is 1. The lowest BCUT2D eigenvalue weighted by Crippen LogP contribution is -2.31. The number of nitrogens with two attached hydrogens (primary N) is 1. The summed E-state index contributed by atoms with van der Waals surface area (Å²) in [5.74, 6) is 1.13. The molecule has 0 radical (unpaired) electrons. The third kappa shape index (κ3) is 4.50. The molecule has 0 aromatic rings. The van der Waals surface area contributed by atoms with Gasteiger partial charge >= 0.3 is 0 Å². The summed E-state index contributed by atoms with van der Waals surface area (Å²) in [4.78, 5) is 0. The highest BCUT2D eigenvalue weighted by Crippen LogP contribution is 2.14. The van der Waals surface area contributed by atoms with Crippen molar-refractivity contribution in [1.29, 1.82) is 0 Å². The average Bonchev–Trinajstić information content (AvgIpc) is 2.22. The summed E-state index contributed by atoms with van der Waals surface area (Å²) >= 11 is 0. The molecule has 14 heavy (non-hydrogen) atoms. The van der Waals surface area contributed by atoms with Crippen molar-refractivity contribution in [1.82, 2.24) is 0 Å². The van der Waals surface area contributed by atoms with Gasteiger partial charge in [0.05, 0.1) is 12.6 Å². The van der Waals surface area contributed by atoms with Gasteiger partial charge in [0.25, 0.3) is 0 Å². The molecule has 0 aromatic heterocycles. The van der Waals surface area contributed by atoms with E-state index in [1.807, 2.05) is 0 Å². The minimum absolute atomic E-state index is 0.0608. The Kier molecular flexibility index (Phi) is 7.27. The zero-order valence-electron chi connectivity index (χ0n) is 9.68. The Labute approximate surface area is 87.8 Å². The van der Waals surface area contributed by atoms with Crippen LogP contribution < -0.4 is 5.73 Å². The molecule has 2 nitrogen and oxygen atoms in total. The lowest BCUT2D eigenvalue weighted by atomic mass is 9.99. The molecule has 2 unspecified atom stereocenters. The maximum atomic E-state index is 6.00. The fraction of sp³-hybridized carbons (Fsp3) is 0.750. The molecular formula is C12H23NO. The molecule has 2 heteroatoms. The quantitative estimate of drug-likeness (QED) is 0.387. The predicted octanol–water partition coefficient (Wildman–Crippen LogP) is 2.85. The molecule has 0 saturated heterocycles. The number of ether oxygens (including phenoxy) is 1. The highest BCUT2D eigenvalue weighted by molar-refractivity contribution is 5.01. The van der Waals surface area contributed by atoms with Crippen molar-refractivity contribution in [2.45, 2.75) is 46.1 Å². The Bertz CT molecular complexity index is 194. The fourth-order valence-electron chi connectivity index (χ4n) is 1.10. The molecule has 0 aliphatic heterocycles. The Balaban J connectivity index is 4.07. The average molecular weight is 197 g/mol. The first-order chi connectivity index (χ1) is 6.67. The zero-order valence-corrected chi connectivity index (χ0v) is 9.68. The first kappa shape index (κ1) is 13.3. The molecular weight excluding hydrogens is 174 g/mol. The van der Waals surface area contributed by atoms with E-state index >= 15 is 0 Å². The van der Waals surface area contributed by atoms with Crippen molar-refractivity contribution >= 4 is 0 Å². The van der Waals surface area contributed by atoms with Gasteiger partial charge in [-0.15, -0.1) is 0 Å². The molecule has 0 aliphatic carbocycles. The van der Waals surface area contributed by atoms with E-state index in [1.165, 1.54) is 0 Å². The van der Waals surface area contributed by atoms with Crippen molar-refractivity contribution in [2.75, 3.05) is 6.61 Å². The minimum atomic E-state index is -0.0608. The maximum absolute atomic E-state index is 6.00. The van der Waals surface area contributed by atoms with Crippen LogP contribution in [0.1, 0.15) is 40.0 Å². The standard InChI is InChI=1S/C12H23NO/c1-5-8-9-14-11(7-3)12(13)10(4)6-2/h10,12H,3,5-6,8-9,13H2,1-2,4H3. The van der Waals surface area contributed by atoms with Crippen LogP contribution in [0, 0.1) is 5.92 Å². The van der Waals surface area contributed by atoms with Crippen molar-refractivity contribution in [3.05, 3.63) is 18.1 Å². The van der Waals surface area contributed by atoms with Crippen LogP contribution in [0.5, 0.6) is 0 Å². The topological polar surface area (TPSA) is 35.2 Å². The third-order valence-electron chi connectivity index (χ3n) is 2.49. The first-order valence-electron chi connectivity index (χ1n) is 5.45. The van der Waals surface area contributed by atoms with E-state index in [2.05, 4.69) is 33.1 Å². The summed E-state index contributed by atoms with van der Waals surface area (Å²) in [6.07, 6.45) is 3.23. The van der Waals surface area contributed by atoms with Gasteiger partial charge in [-0.05, 0) is 12.3 Å². The van der Waals surface area contributed by atoms with E-state index < -0.39 is 0 Å². The molecule has 0 aliphatic rings. The molecule has 0 fully saturated rings. The smallest absolute Gasteiger partial charge is 0.154 e. The summed E-state index contributed by atoms with van der Waals surface area (Å²) in [5, 5.41) is 0. The lowest BCUT2D eigenvalue weighted by Gasteiger charge is -2.20. The van der Waals surface area contributed by atoms with Crippen molar-refractivity contribution in [3.63, 3.8) is 0 Å². The largest absolute Gasteiger partial charge is 0.488 e. The second kappa shape index (κ2) is 7.66. The number of unbranched alkanes of at least 4 members (excludes halogenated alkanes) is 1. The van der Waals surface area contributed by atoms with E-state index in [1.54, 1.807) is 0 Å². The van der Waals surface area contributed by atoms with Gasteiger partial charge in [-0.25, -0.2) is 0 Å². The van der Waals surface area contributed by atoms with E-state index in [9.17, 15) is 0 Å². The van der Waals surface area contributed by atoms with E-state index in [0.29, 0.717) is 11.7 Å². The number of hydrogen-bond acceptors (Lipinski definition) is 2. The zero-order chi connectivity index (χ0) is 11.0. The summed E-state index contributed by atoms with van der Waals surface area (Å²) < 4.78 is 5.53. The molecule has 0 rings (SSSR count). The third-order valence-corrected chi connectivity index (χ3v) is 2.49. The van der Waals surface area contributed by atoms with Gasteiger partial charge in [0, 0.05) is 0 Å². The normalized spacial score (nSPS) is 14.3. The van der Waals surface area contributed by atoms with E-state index in [0.717, 1.165) is 25.9 Å². The molecule has 2 atom stereocenters. The van der Waals surface area contributed by atoms with Crippen LogP contribution in [0.2, 0.25) is 0 Å². The predicted molar refractivity (Wildman–Crippen MR) is 60.9 cm³/mol. The van der Waals surface area contributed by atoms with Gasteiger partial charge in [0.2, 0.25) is 0 Å². The van der Waals surface area contributed by atoms with Gasteiger partial charge in [-0.1, -0.05) is 45.9 Å². The fourth-order valence-corrected chi connectivity index (χ4v) is 1.10. The second-order valence-electron chi connectivity index (χ2n) is 3.65. The molecule has 82 valence electrons. The van der Waals surface area contributed by atoms with Crippen LogP contribution in [0.15, 0.2) is 18.1 Å². The molecule has 0 saturated carbocycles. The van der Waals surface area contributed by atoms with Gasteiger partial charge in [0.1, 0.15) is 0 Å². The minimum Gasteiger partial charge on any atom is -0.488 e. The van der Waals surface area contributed by atoms with Crippen molar-refractivity contribution < 1.29 is 4.74 Å². The molecule has 2 N–H and O–H groups in total. The Morgan fingerprint density at radius 2 is 2.14 bits per heavy atom. The Morgan fingerprint density at radius 3 is 2.57 bits per heavy atom. The van der Waals surface area contributed by atoms with Crippen molar-refractivity contribution in [2.24, 2.45) is 11.7 Å². The number of rotatable bonds is 7. The first-order valence-corrected chi connectivity index (χ1v) is 5.45. The highest BCUT2D eigenvalue weighted by Gasteiger charge is 2.16. The van der Waals surface area contributed by atoms with Crippen LogP contribution >= 0.6 is 0 Å². The van der Waals surface area contributed by atoms with Gasteiger partial charge < -0.3 is 10.5 Å². The summed E-state index contributed by atoms with van der Waals surface area (Å²) in [7, 11) is 0. The van der Waals surface area contributed by atoms with Crippen LogP contribution in [-0.2, 0) is 4.74 Å². The Hall–Kier alpha value is -0.720. The Morgan fingerprint density at radius 1 is 1.50 bits per heavy atom. The van der Waals surface area contributed by atoms with Crippen LogP contribution in [-0.4, -0.2) is 12.6 Å². The van der Waals surface area contributed by atoms with E-state index in [-0.39, 0.29) is 6.04 Å². The monoisotopic (exact) mass is 197 g/mol. The van der Waals surface area contributed by atoms with Crippen LogP contribution in [0.4, 0.5) is 0 Å². The molecule has 0 amide bonds. The highest BCUT2D eigenvalue weighted by atomic mass is 16.5. The van der Waals surface area contributed by atoms with Crippen LogP contribution in [0.3, 0.4) is 0 Å². The summed E-state index contributed by atoms with van der Waals surface area (Å²) in [5.41, 5.74) is 8.80. The van der Waals surface area contributed by atoms with Gasteiger partial charge in [0.15, 0.2) is 5.76 Å². The lowest BCUT2D eigenvalue weighted by molar-refractivity contribution is 0.177. The molecule has 0 bridgehead atoms. The maximum Gasteiger partial charge on any atom is 0.154 e. The van der Waals surface area contributed by atoms with Crippen molar-refractivity contribution in [3.8, 4) is 0 Å². The SMILES string of the molecule is C=C=C(OCCCC)C(N)C(C)CC. The van der Waals surface area contributed by atoms with E-state index in [4.69, 9.17) is 10.5 Å². The van der Waals surface area contributed by atoms with Crippen LogP contribution in [0.25, 0.3) is 0 Å². The molecule has 0 spiro atoms.